The van der Waals surface area contributed by atoms with Crippen LogP contribution in [0.5, 0.6) is 0 Å². The van der Waals surface area contributed by atoms with Gasteiger partial charge in [-0.2, -0.15) is 5.10 Å². The molecule has 0 spiro atoms. The number of halogens is 2. The molecule has 0 saturated heterocycles. The zero-order chi connectivity index (χ0) is 29.0. The molecule has 1 amide bonds. The van der Waals surface area contributed by atoms with E-state index in [0.29, 0.717) is 34.2 Å². The number of nitrogens with two attached hydrogens (primary N) is 1. The molecule has 4 heterocycles. The van der Waals surface area contributed by atoms with Gasteiger partial charge in [0.15, 0.2) is 17.3 Å². The number of methoxy groups -OCH3 is 1. The summed E-state index contributed by atoms with van der Waals surface area (Å²) in [4.78, 5) is 27.0. The van der Waals surface area contributed by atoms with Gasteiger partial charge in [-0.05, 0) is 79.3 Å². The van der Waals surface area contributed by atoms with Crippen LogP contribution in [0.1, 0.15) is 36.4 Å². The molecule has 42 heavy (non-hydrogen) atoms. The lowest BCUT2D eigenvalue weighted by atomic mass is 9.70. The molecule has 2 aliphatic rings. The third-order valence-electron chi connectivity index (χ3n) is 8.45. The van der Waals surface area contributed by atoms with Crippen molar-refractivity contribution in [2.24, 2.45) is 5.92 Å². The zero-order valence-electron chi connectivity index (χ0n) is 22.7. The van der Waals surface area contributed by atoms with Gasteiger partial charge in [0.1, 0.15) is 16.9 Å². The lowest BCUT2D eigenvalue weighted by molar-refractivity contribution is -0.191. The summed E-state index contributed by atoms with van der Waals surface area (Å²) in [5.41, 5.74) is 9.69. The zero-order valence-corrected chi connectivity index (χ0v) is 22.7. The Hall–Kier alpha value is -4.71. The highest BCUT2D eigenvalue weighted by molar-refractivity contribution is 5.84. The third kappa shape index (κ3) is 4.21. The first-order valence-corrected chi connectivity index (χ1v) is 13.7. The maximum atomic E-state index is 13.4. The van der Waals surface area contributed by atoms with Crippen molar-refractivity contribution in [3.05, 3.63) is 78.2 Å². The van der Waals surface area contributed by atoms with Gasteiger partial charge in [-0.25, -0.2) is 28.4 Å². The van der Waals surface area contributed by atoms with Crippen LogP contribution in [0, 0.1) is 5.92 Å². The summed E-state index contributed by atoms with van der Waals surface area (Å²) in [6.45, 7) is 0. The van der Waals surface area contributed by atoms with Crippen molar-refractivity contribution in [2.45, 2.75) is 43.8 Å². The van der Waals surface area contributed by atoms with Gasteiger partial charge >= 0.3 is 0 Å². The summed E-state index contributed by atoms with van der Waals surface area (Å²) < 4.78 is 35.5. The second-order valence-corrected chi connectivity index (χ2v) is 10.8. The lowest BCUT2D eigenvalue weighted by Crippen LogP contribution is -2.55. The molecule has 1 atom stereocenters. The number of aryl methyl sites for hydroxylation is 1. The molecular weight excluding hydrogens is 542 g/mol. The van der Waals surface area contributed by atoms with Crippen LogP contribution in [0.4, 0.5) is 14.6 Å². The van der Waals surface area contributed by atoms with Gasteiger partial charge in [-0.1, -0.05) is 6.07 Å². The summed E-state index contributed by atoms with van der Waals surface area (Å²) in [5, 5.41) is 7.40. The van der Waals surface area contributed by atoms with Gasteiger partial charge in [-0.15, -0.1) is 0 Å². The van der Waals surface area contributed by atoms with Crippen LogP contribution >= 0.6 is 0 Å². The van der Waals surface area contributed by atoms with E-state index in [2.05, 4.69) is 21.5 Å². The first kappa shape index (κ1) is 26.2. The molecule has 1 aromatic carbocycles. The standard InChI is InChI=1S/C30H28F2N8O2/c1-42-30(29(31)32)15-18(16-30)28(41)37-22-8-5-17-14-19(6-7-20(17)22)40-26(21-4-2-11-34-25(21)33)36-23-9-10-24(38-27(23)40)39-13-3-12-35-39/h2-4,6-7,9-14,18,22,29H,5,8,15-16H2,1H3,(H2,33,34)(H,37,41)/t18?,22-,30?/m0/s1. The number of pyridine rings is 2. The molecular formula is C30H28F2N8O2. The number of nitrogens with one attached hydrogen (secondary N) is 1. The first-order chi connectivity index (χ1) is 20.4. The molecule has 0 bridgehead atoms. The smallest absolute Gasteiger partial charge is 0.267 e. The SMILES string of the molecule is COC1(C(F)F)CC(C(=O)N[C@H]2CCc3cc(-n4c(-c5cccnc5N)nc5ccc(-n6cccn6)nc54)ccc32)C1. The van der Waals surface area contributed by atoms with E-state index in [-0.39, 0.29) is 24.8 Å². The third-order valence-corrected chi connectivity index (χ3v) is 8.45. The van der Waals surface area contributed by atoms with Crippen molar-refractivity contribution in [3.8, 4) is 22.9 Å². The highest BCUT2D eigenvalue weighted by atomic mass is 19.3. The predicted molar refractivity (Wildman–Crippen MR) is 151 cm³/mol. The van der Waals surface area contributed by atoms with Crippen LogP contribution in [0.2, 0.25) is 0 Å². The summed E-state index contributed by atoms with van der Waals surface area (Å²) in [6.07, 6.45) is 4.05. The lowest BCUT2D eigenvalue weighted by Gasteiger charge is -2.45. The average molecular weight is 571 g/mol. The Labute approximate surface area is 239 Å². The number of carbonyl (C=O) groups is 1. The average Bonchev–Trinajstić information content (AvgIpc) is 3.71. The van der Waals surface area contributed by atoms with Crippen LogP contribution in [0.15, 0.2) is 67.1 Å². The van der Waals surface area contributed by atoms with Crippen LogP contribution in [-0.2, 0) is 16.0 Å². The molecule has 7 rings (SSSR count). The van der Waals surface area contributed by atoms with Crippen molar-refractivity contribution in [1.29, 1.82) is 0 Å². The number of amides is 1. The molecule has 0 unspecified atom stereocenters. The molecule has 12 heteroatoms. The number of alkyl halides is 2. The normalized spacial score (nSPS) is 21.4. The van der Waals surface area contributed by atoms with E-state index in [1.54, 1.807) is 17.1 Å². The number of benzene rings is 1. The van der Waals surface area contributed by atoms with Crippen LogP contribution in [0.3, 0.4) is 0 Å². The molecule has 4 aromatic heterocycles. The van der Waals surface area contributed by atoms with Crippen molar-refractivity contribution in [2.75, 3.05) is 12.8 Å². The number of carbonyl (C=O) groups excluding carboxylic acids is 1. The number of ether oxygens (including phenoxy) is 1. The number of nitrogens with zero attached hydrogens (tertiary/aromatic N) is 6. The maximum absolute atomic E-state index is 13.4. The Morgan fingerprint density at radius 3 is 2.74 bits per heavy atom. The number of hydrogen-bond donors (Lipinski definition) is 2. The number of fused-ring (bicyclic) bond motifs is 2. The van der Waals surface area contributed by atoms with E-state index in [4.69, 9.17) is 20.4 Å². The van der Waals surface area contributed by atoms with E-state index in [9.17, 15) is 13.6 Å². The highest BCUT2D eigenvalue weighted by Crippen LogP contribution is 2.45. The van der Waals surface area contributed by atoms with Crippen LogP contribution in [-0.4, -0.2) is 54.3 Å². The molecule has 2 aliphatic carbocycles. The number of aromatic nitrogens is 6. The van der Waals surface area contributed by atoms with E-state index >= 15 is 0 Å². The number of hydrogen-bond acceptors (Lipinski definition) is 7. The summed E-state index contributed by atoms with van der Waals surface area (Å²) in [5.74, 6) is 0.904. The molecule has 214 valence electrons. The Morgan fingerprint density at radius 1 is 1.14 bits per heavy atom. The minimum Gasteiger partial charge on any atom is -0.383 e. The second-order valence-electron chi connectivity index (χ2n) is 10.8. The Morgan fingerprint density at radius 2 is 2.00 bits per heavy atom. The van der Waals surface area contributed by atoms with E-state index in [0.717, 1.165) is 29.7 Å². The van der Waals surface area contributed by atoms with E-state index < -0.39 is 17.9 Å². The fraction of sp³-hybridized carbons (Fsp3) is 0.300. The van der Waals surface area contributed by atoms with Gasteiger partial charge < -0.3 is 15.8 Å². The van der Waals surface area contributed by atoms with Crippen molar-refractivity contribution >= 4 is 22.9 Å². The Kier molecular flexibility index (Phi) is 6.23. The molecule has 3 N–H and O–H groups in total. The van der Waals surface area contributed by atoms with Crippen LogP contribution in [0.25, 0.3) is 34.1 Å². The summed E-state index contributed by atoms with van der Waals surface area (Å²) in [6, 6.07) is 15.1. The summed E-state index contributed by atoms with van der Waals surface area (Å²) in [7, 11) is 1.27. The van der Waals surface area contributed by atoms with Gasteiger partial charge in [-0.3, -0.25) is 9.36 Å². The molecule has 0 aliphatic heterocycles. The quantitative estimate of drug-likeness (QED) is 0.297. The van der Waals surface area contributed by atoms with Gasteiger partial charge in [0.05, 0.1) is 11.6 Å². The highest BCUT2D eigenvalue weighted by Gasteiger charge is 2.54. The molecule has 5 aromatic rings. The van der Waals surface area contributed by atoms with E-state index in [1.807, 2.05) is 53.2 Å². The number of rotatable bonds is 7. The number of anilines is 1. The minimum atomic E-state index is -2.62. The largest absolute Gasteiger partial charge is 0.383 e. The van der Waals surface area contributed by atoms with Crippen molar-refractivity contribution in [1.82, 2.24) is 34.6 Å². The van der Waals surface area contributed by atoms with Gasteiger partial charge in [0, 0.05) is 37.3 Å². The molecule has 0 radical (unpaired) electrons. The summed E-state index contributed by atoms with van der Waals surface area (Å²) >= 11 is 0. The molecule has 1 fully saturated rings. The first-order valence-electron chi connectivity index (χ1n) is 13.7. The second kappa shape index (κ2) is 9.98. The number of imidazole rings is 1. The molecule has 1 saturated carbocycles. The number of nitrogen functional groups attached to an aromatic ring is 1. The Bertz CT molecular complexity index is 1800. The van der Waals surface area contributed by atoms with Gasteiger partial charge in [0.2, 0.25) is 5.91 Å². The van der Waals surface area contributed by atoms with Crippen molar-refractivity contribution in [3.63, 3.8) is 0 Å². The van der Waals surface area contributed by atoms with Gasteiger partial charge in [0.25, 0.3) is 6.43 Å². The Balaban J connectivity index is 1.23. The fourth-order valence-electron chi connectivity index (χ4n) is 6.09. The minimum absolute atomic E-state index is 0.0208. The van der Waals surface area contributed by atoms with Crippen molar-refractivity contribution < 1.29 is 18.3 Å². The maximum Gasteiger partial charge on any atom is 0.267 e. The van der Waals surface area contributed by atoms with Crippen LogP contribution < -0.4 is 11.1 Å². The van der Waals surface area contributed by atoms with E-state index in [1.165, 1.54) is 7.11 Å². The topological polar surface area (TPSA) is 126 Å². The monoisotopic (exact) mass is 570 g/mol. The predicted octanol–water partition coefficient (Wildman–Crippen LogP) is 4.41. The molecule has 10 nitrogen and oxygen atoms in total. The fourth-order valence-corrected chi connectivity index (χ4v) is 6.09.